The molecule has 0 radical (unpaired) electrons. The van der Waals surface area contributed by atoms with E-state index < -0.39 is 0 Å². The van der Waals surface area contributed by atoms with Crippen molar-refractivity contribution in [2.75, 3.05) is 9.80 Å². The molecule has 0 heterocycles. The molecule has 0 spiro atoms. The maximum Gasteiger partial charge on any atom is 0.0540 e. The Morgan fingerprint density at radius 1 is 0.190 bits per heavy atom. The summed E-state index contributed by atoms with van der Waals surface area (Å²) in [5.74, 6) is 0.667. The molecule has 0 amide bonds. The molecule has 15 aromatic rings. The maximum atomic E-state index is 2.55. The molecular weight excluding hydrogens is 1710 g/mol. The topological polar surface area (TPSA) is 6.48 Å². The van der Waals surface area contributed by atoms with Crippen LogP contribution >= 0.6 is 0 Å². The highest BCUT2D eigenvalue weighted by molar-refractivity contribution is 5.94. The van der Waals surface area contributed by atoms with E-state index in [0.717, 1.165) is 17.1 Å². The summed E-state index contributed by atoms with van der Waals surface area (Å²) in [6.07, 6.45) is 6.64. The summed E-state index contributed by atoms with van der Waals surface area (Å²) in [7, 11) is 0. The number of anilines is 6. The fourth-order valence-electron chi connectivity index (χ4n) is 21.4. The lowest BCUT2D eigenvalue weighted by molar-refractivity contribution is 0.443. The number of fused-ring (bicyclic) bond motifs is 6. The van der Waals surface area contributed by atoms with E-state index in [4.69, 9.17) is 0 Å². The van der Waals surface area contributed by atoms with Gasteiger partial charge in [0, 0.05) is 44.8 Å². The van der Waals surface area contributed by atoms with Crippen LogP contribution in [0.3, 0.4) is 0 Å². The largest absolute Gasteiger partial charge is 0.310 e. The third kappa shape index (κ3) is 21.6. The summed E-state index contributed by atoms with van der Waals surface area (Å²) in [5, 5.41) is 0. The highest BCUT2D eigenvalue weighted by Gasteiger charge is 2.39. The molecular formula is C140H164N2. The third-order valence-electron chi connectivity index (χ3n) is 30.9. The fraction of sp³-hybridized carbons (Fsp3) is 0.357. The van der Waals surface area contributed by atoms with Crippen molar-refractivity contribution < 1.29 is 0 Å². The normalized spacial score (nSPS) is 14.3. The van der Waals surface area contributed by atoms with Gasteiger partial charge in [0.25, 0.3) is 0 Å². The first-order valence-corrected chi connectivity index (χ1v) is 52.1. The molecule has 3 aliphatic rings. The molecule has 734 valence electrons. The SMILES string of the molecule is C.C.CC(C)(C)c1cc(-c2ccc(-c3cc(N(c4ccc5c(c4)C(C)(C)c4ccccc4-5)c4ccccc4-c4ccc(C5CCCCC5)cc4)cc(C(C)(C)C)c3)cc2)cc(-c2cc(C(C)(C)C)cc(C(C)(C)C)c2)c1.CC(C)(C)c1ccc(N(c2cc(-c3ccc(-c4cc(-c5cc(C(C)(C)C)cc(C(C)(C)C)c5)cc(C(C)(C)C)c4)cc3)cc(C(C)(C)C)c2)c2ccc3c(c2)C(C)(C)c2ccccc2-3)cc1. The first-order valence-electron chi connectivity index (χ1n) is 52.1. The van der Waals surface area contributed by atoms with Crippen LogP contribution in [0, 0.1) is 0 Å². The Balaban J connectivity index is 0.000000213. The van der Waals surface area contributed by atoms with Crippen LogP contribution in [0.4, 0.5) is 34.1 Å². The van der Waals surface area contributed by atoms with E-state index in [9.17, 15) is 0 Å². The molecule has 3 aliphatic carbocycles. The standard InChI is InChI=1S/C73H81N.C65H75N.2CH4/c1-69(2,3)57-39-53(38-54(40-57)55-41-58(70(4,5)6)45-59(42-55)71(7,8)9)50-28-30-51(31-29-50)56-43-60(72(10,11)12)46-62(44-56)74(61-36-37-65-64-25-18-20-26-66(64)73(13,14)67(65)47-61)68-27-21-19-24-63(68)52-34-32-49(33-35-52)48-22-16-15-17-23-48;1-60(2,3)48-26-28-53(29-27-48)66(54-30-31-57-56-20-18-19-21-58(56)65(16,17)59(57)41-54)55-38-47(37-52(40-55)64(13,14)15)43-24-22-42(23-25-43)44-32-45(34-49(33-44)61(4,5)6)46-35-50(62(7,8)9)39-51(36-46)63(10,11)12;;/h18-21,24-48H,15-17,22-23H2,1-14H3;18-41H,1-17H3;2*1H4. The van der Waals surface area contributed by atoms with E-state index in [0.29, 0.717) is 5.92 Å². The Bertz CT molecular complexity index is 7050. The predicted octanol–water partition coefficient (Wildman–Crippen LogP) is 41.6. The van der Waals surface area contributed by atoms with Crippen LogP contribution in [-0.2, 0) is 59.6 Å². The van der Waals surface area contributed by atoms with E-state index >= 15 is 0 Å². The molecule has 0 atom stereocenters. The smallest absolute Gasteiger partial charge is 0.0540 e. The predicted molar refractivity (Wildman–Crippen MR) is 623 cm³/mol. The molecule has 2 heteroatoms. The van der Waals surface area contributed by atoms with Gasteiger partial charge in [0.15, 0.2) is 0 Å². The second-order valence-corrected chi connectivity index (χ2v) is 51.6. The van der Waals surface area contributed by atoms with Gasteiger partial charge in [0.05, 0.1) is 5.69 Å². The van der Waals surface area contributed by atoms with Crippen molar-refractivity contribution in [2.24, 2.45) is 0 Å². The third-order valence-corrected chi connectivity index (χ3v) is 30.9. The lowest BCUT2D eigenvalue weighted by atomic mass is 9.78. The zero-order valence-electron chi connectivity index (χ0n) is 90.5. The Hall–Kier alpha value is -12.1. The molecule has 18 rings (SSSR count). The Kier molecular flexibility index (Phi) is 28.3. The average Bonchev–Trinajstić information content (AvgIpc) is 1.58. The van der Waals surface area contributed by atoms with Crippen LogP contribution in [0.1, 0.15) is 345 Å². The van der Waals surface area contributed by atoms with Gasteiger partial charge in [-0.1, -0.05) is 485 Å². The van der Waals surface area contributed by atoms with Gasteiger partial charge in [-0.2, -0.15) is 0 Å². The second-order valence-electron chi connectivity index (χ2n) is 51.6. The van der Waals surface area contributed by atoms with Crippen molar-refractivity contribution in [1.29, 1.82) is 0 Å². The second kappa shape index (κ2) is 38.5. The number of hydrogen-bond donors (Lipinski definition) is 0. The van der Waals surface area contributed by atoms with Crippen molar-refractivity contribution in [2.45, 2.75) is 327 Å². The van der Waals surface area contributed by atoms with Gasteiger partial charge in [0.2, 0.25) is 0 Å². The average molecular weight is 1870 g/mol. The molecule has 142 heavy (non-hydrogen) atoms. The molecule has 0 aromatic heterocycles. The van der Waals surface area contributed by atoms with Crippen LogP contribution in [-0.4, -0.2) is 0 Å². The minimum atomic E-state index is -0.138. The Labute approximate surface area is 858 Å². The van der Waals surface area contributed by atoms with Crippen molar-refractivity contribution >= 4 is 34.1 Å². The lowest BCUT2D eigenvalue weighted by Gasteiger charge is -2.32. The van der Waals surface area contributed by atoms with Crippen LogP contribution in [0.5, 0.6) is 0 Å². The zero-order valence-corrected chi connectivity index (χ0v) is 90.5. The quantitative estimate of drug-likeness (QED) is 0.107. The van der Waals surface area contributed by atoms with Gasteiger partial charge < -0.3 is 9.80 Å². The van der Waals surface area contributed by atoms with Crippen molar-refractivity contribution in [3.63, 3.8) is 0 Å². The number of rotatable bonds is 14. The van der Waals surface area contributed by atoms with Crippen molar-refractivity contribution in [3.05, 3.63) is 393 Å². The van der Waals surface area contributed by atoms with Gasteiger partial charge in [-0.05, 0) is 319 Å². The summed E-state index contributed by atoms with van der Waals surface area (Å²) in [6, 6.07) is 123. The number of benzene rings is 15. The monoisotopic (exact) mass is 1870 g/mol. The van der Waals surface area contributed by atoms with Crippen LogP contribution < -0.4 is 9.80 Å². The van der Waals surface area contributed by atoms with Gasteiger partial charge in [0.1, 0.15) is 0 Å². The minimum Gasteiger partial charge on any atom is -0.310 e. The molecule has 2 nitrogen and oxygen atoms in total. The van der Waals surface area contributed by atoms with E-state index in [1.807, 2.05) is 0 Å². The Morgan fingerprint density at radius 2 is 0.451 bits per heavy atom. The molecule has 0 saturated heterocycles. The highest BCUT2D eigenvalue weighted by Crippen LogP contribution is 2.56. The number of hydrogen-bond acceptors (Lipinski definition) is 2. The maximum absolute atomic E-state index is 2.55. The number of nitrogens with zero attached hydrogens (tertiary/aromatic N) is 2. The lowest BCUT2D eigenvalue weighted by Crippen LogP contribution is -2.18. The minimum absolute atomic E-state index is 0. The first-order chi connectivity index (χ1) is 65.5. The van der Waals surface area contributed by atoms with Crippen LogP contribution in [0.2, 0.25) is 0 Å². The molecule has 0 unspecified atom stereocenters. The van der Waals surface area contributed by atoms with E-state index in [-0.39, 0.29) is 74.4 Å². The number of para-hydroxylation sites is 1. The summed E-state index contributed by atoms with van der Waals surface area (Å²) in [5.41, 5.74) is 48.6. The molecule has 0 bridgehead atoms. The summed E-state index contributed by atoms with van der Waals surface area (Å²) < 4.78 is 0. The molecule has 1 saturated carbocycles. The zero-order chi connectivity index (χ0) is 100. The Morgan fingerprint density at radius 3 is 0.796 bits per heavy atom. The molecule has 1 fully saturated rings. The fourth-order valence-corrected chi connectivity index (χ4v) is 21.4. The van der Waals surface area contributed by atoms with E-state index in [1.165, 1.54) is 227 Å². The van der Waals surface area contributed by atoms with Crippen molar-refractivity contribution in [3.8, 4) is 100 Å². The molecule has 0 N–H and O–H groups in total. The van der Waals surface area contributed by atoms with Crippen LogP contribution in [0.15, 0.2) is 315 Å². The molecule has 15 aromatic carbocycles. The van der Waals surface area contributed by atoms with Gasteiger partial charge in [-0.3, -0.25) is 0 Å². The first kappa shape index (κ1) is 104. The van der Waals surface area contributed by atoms with Crippen LogP contribution in [0.25, 0.3) is 100 Å². The van der Waals surface area contributed by atoms with E-state index in [2.05, 4.69) is 540 Å². The summed E-state index contributed by atoms with van der Waals surface area (Å²) in [4.78, 5) is 5.04. The summed E-state index contributed by atoms with van der Waals surface area (Å²) >= 11 is 0. The van der Waals surface area contributed by atoms with Crippen molar-refractivity contribution in [1.82, 2.24) is 0 Å². The van der Waals surface area contributed by atoms with Gasteiger partial charge >= 0.3 is 0 Å². The van der Waals surface area contributed by atoms with Gasteiger partial charge in [-0.15, -0.1) is 0 Å². The molecule has 0 aliphatic heterocycles. The van der Waals surface area contributed by atoms with Gasteiger partial charge in [-0.25, -0.2) is 0 Å². The summed E-state index contributed by atoms with van der Waals surface area (Å²) in [6.45, 7) is 72.4. The highest BCUT2D eigenvalue weighted by atomic mass is 15.2. The van der Waals surface area contributed by atoms with E-state index in [1.54, 1.807) is 0 Å².